The van der Waals surface area contributed by atoms with Gasteiger partial charge in [-0.05, 0) is 49.1 Å². The van der Waals surface area contributed by atoms with E-state index in [-0.39, 0.29) is 24.6 Å². The number of ether oxygens (including phenoxy) is 2. The van der Waals surface area contributed by atoms with E-state index in [1.807, 2.05) is 18.2 Å². The number of nitrogens with one attached hydrogen (secondary N) is 1. The molecule has 0 aliphatic carbocycles. The molecule has 0 bridgehead atoms. The van der Waals surface area contributed by atoms with E-state index in [1.54, 1.807) is 23.1 Å². The van der Waals surface area contributed by atoms with E-state index in [2.05, 4.69) is 5.32 Å². The van der Waals surface area contributed by atoms with Crippen LogP contribution < -0.4 is 14.8 Å². The number of halogens is 2. The smallest absolute Gasteiger partial charge is 0.256 e. The maximum atomic E-state index is 12.8. The molecule has 0 spiro atoms. The van der Waals surface area contributed by atoms with Crippen LogP contribution in [-0.2, 0) is 11.2 Å². The SMILES string of the molecule is O=C(CCc1ccc2c(c1)OCO2)NC1CCN(C(=O)c2c(Cl)cccc2Cl)CC1. The van der Waals surface area contributed by atoms with E-state index < -0.39 is 0 Å². The minimum atomic E-state index is -0.168. The lowest BCUT2D eigenvalue weighted by Gasteiger charge is -2.32. The van der Waals surface area contributed by atoms with E-state index in [0.717, 1.165) is 17.1 Å². The standard InChI is InChI=1S/C22H22Cl2N2O4/c23-16-2-1-3-17(24)21(16)22(28)26-10-8-15(9-11-26)25-20(27)7-5-14-4-6-18-19(12-14)30-13-29-18/h1-4,6,12,15H,5,7-11,13H2,(H,25,27). The molecule has 158 valence electrons. The summed E-state index contributed by atoms with van der Waals surface area (Å²) in [5, 5.41) is 3.78. The quantitative estimate of drug-likeness (QED) is 0.747. The lowest BCUT2D eigenvalue weighted by atomic mass is 10.0. The van der Waals surface area contributed by atoms with Gasteiger partial charge < -0.3 is 19.7 Å². The summed E-state index contributed by atoms with van der Waals surface area (Å²) in [6.45, 7) is 1.34. The molecule has 1 N–H and O–H groups in total. The van der Waals surface area contributed by atoms with E-state index in [9.17, 15) is 9.59 Å². The molecule has 1 saturated heterocycles. The van der Waals surface area contributed by atoms with Gasteiger partial charge in [-0.25, -0.2) is 0 Å². The average Bonchev–Trinajstić information content (AvgIpc) is 3.20. The first-order valence-electron chi connectivity index (χ1n) is 9.92. The van der Waals surface area contributed by atoms with Crippen molar-refractivity contribution in [3.63, 3.8) is 0 Å². The van der Waals surface area contributed by atoms with Gasteiger partial charge in [-0.1, -0.05) is 35.3 Å². The first-order valence-corrected chi connectivity index (χ1v) is 10.7. The van der Waals surface area contributed by atoms with Gasteiger partial charge in [0.25, 0.3) is 5.91 Å². The lowest BCUT2D eigenvalue weighted by Crippen LogP contribution is -2.46. The number of amides is 2. The minimum Gasteiger partial charge on any atom is -0.454 e. The van der Waals surface area contributed by atoms with Crippen LogP contribution in [0.15, 0.2) is 36.4 Å². The molecule has 2 aliphatic rings. The molecular weight excluding hydrogens is 427 g/mol. The van der Waals surface area contributed by atoms with Crippen LogP contribution in [0.3, 0.4) is 0 Å². The number of benzene rings is 2. The second-order valence-electron chi connectivity index (χ2n) is 7.42. The minimum absolute atomic E-state index is 0.00610. The molecule has 0 unspecified atom stereocenters. The summed E-state index contributed by atoms with van der Waals surface area (Å²) in [6, 6.07) is 10.8. The maximum absolute atomic E-state index is 12.8. The zero-order valence-electron chi connectivity index (χ0n) is 16.3. The topological polar surface area (TPSA) is 67.9 Å². The Kier molecular flexibility index (Phi) is 6.35. The lowest BCUT2D eigenvalue weighted by molar-refractivity contribution is -0.122. The Labute approximate surface area is 185 Å². The van der Waals surface area contributed by atoms with Gasteiger partial charge >= 0.3 is 0 Å². The van der Waals surface area contributed by atoms with Crippen molar-refractivity contribution in [3.05, 3.63) is 57.6 Å². The van der Waals surface area contributed by atoms with Crippen LogP contribution in [0.4, 0.5) is 0 Å². The first-order chi connectivity index (χ1) is 14.5. The van der Waals surface area contributed by atoms with Crippen LogP contribution in [0.5, 0.6) is 11.5 Å². The summed E-state index contributed by atoms with van der Waals surface area (Å²) in [7, 11) is 0. The molecule has 1 fully saturated rings. The Balaban J connectivity index is 1.24. The van der Waals surface area contributed by atoms with Crippen molar-refractivity contribution in [1.82, 2.24) is 10.2 Å². The highest BCUT2D eigenvalue weighted by molar-refractivity contribution is 6.39. The molecule has 2 aromatic rings. The number of carbonyl (C=O) groups excluding carboxylic acids is 2. The van der Waals surface area contributed by atoms with Gasteiger partial charge in [0, 0.05) is 25.6 Å². The number of likely N-dealkylation sites (tertiary alicyclic amines) is 1. The Hall–Kier alpha value is -2.44. The summed E-state index contributed by atoms with van der Waals surface area (Å²) in [6.07, 6.45) is 2.42. The summed E-state index contributed by atoms with van der Waals surface area (Å²) in [4.78, 5) is 26.9. The van der Waals surface area contributed by atoms with Crippen LogP contribution in [0.25, 0.3) is 0 Å². The van der Waals surface area contributed by atoms with Crippen LogP contribution in [0.1, 0.15) is 35.2 Å². The molecule has 0 radical (unpaired) electrons. The molecule has 0 aromatic heterocycles. The Morgan fingerprint density at radius 2 is 1.73 bits per heavy atom. The molecule has 0 saturated carbocycles. The van der Waals surface area contributed by atoms with Gasteiger partial charge in [0.2, 0.25) is 12.7 Å². The van der Waals surface area contributed by atoms with E-state index in [0.29, 0.717) is 54.4 Å². The van der Waals surface area contributed by atoms with Gasteiger partial charge in [-0.3, -0.25) is 9.59 Å². The predicted molar refractivity (Wildman–Crippen MR) is 114 cm³/mol. The van der Waals surface area contributed by atoms with Crippen LogP contribution >= 0.6 is 23.2 Å². The number of fused-ring (bicyclic) bond motifs is 1. The zero-order valence-corrected chi connectivity index (χ0v) is 17.8. The summed E-state index contributed by atoms with van der Waals surface area (Å²) in [5.74, 6) is 1.30. The monoisotopic (exact) mass is 448 g/mol. The maximum Gasteiger partial charge on any atom is 0.256 e. The van der Waals surface area contributed by atoms with Gasteiger partial charge in [-0.15, -0.1) is 0 Å². The second-order valence-corrected chi connectivity index (χ2v) is 8.23. The molecule has 8 heteroatoms. The number of rotatable bonds is 5. The molecule has 6 nitrogen and oxygen atoms in total. The number of piperidine rings is 1. The molecule has 30 heavy (non-hydrogen) atoms. The Morgan fingerprint density at radius 1 is 1.03 bits per heavy atom. The van der Waals surface area contributed by atoms with Gasteiger partial charge in [0.1, 0.15) is 0 Å². The number of hydrogen-bond acceptors (Lipinski definition) is 4. The molecule has 2 amide bonds. The number of carbonyl (C=O) groups is 2. The number of aryl methyl sites for hydroxylation is 1. The fraction of sp³-hybridized carbons (Fsp3) is 0.364. The van der Waals surface area contributed by atoms with Gasteiger partial charge in [0.15, 0.2) is 11.5 Å². The normalized spacial score (nSPS) is 15.9. The highest BCUT2D eigenvalue weighted by Gasteiger charge is 2.27. The molecule has 2 aromatic carbocycles. The summed E-state index contributed by atoms with van der Waals surface area (Å²) >= 11 is 12.3. The largest absolute Gasteiger partial charge is 0.454 e. The number of hydrogen-bond donors (Lipinski definition) is 1. The molecular formula is C22H22Cl2N2O4. The molecule has 4 rings (SSSR count). The number of nitrogens with zero attached hydrogens (tertiary/aromatic N) is 1. The fourth-order valence-electron chi connectivity index (χ4n) is 3.74. The summed E-state index contributed by atoms with van der Waals surface area (Å²) < 4.78 is 10.7. The molecule has 0 atom stereocenters. The van der Waals surface area contributed by atoms with Crippen molar-refractivity contribution >= 4 is 35.0 Å². The summed E-state index contributed by atoms with van der Waals surface area (Å²) in [5.41, 5.74) is 1.37. The first kappa shape index (κ1) is 20.8. The van der Waals surface area contributed by atoms with Crippen LogP contribution in [0, 0.1) is 0 Å². The highest BCUT2D eigenvalue weighted by Crippen LogP contribution is 2.32. The van der Waals surface area contributed by atoms with Crippen molar-refractivity contribution < 1.29 is 19.1 Å². The zero-order chi connectivity index (χ0) is 21.1. The van der Waals surface area contributed by atoms with E-state index in [1.165, 1.54) is 0 Å². The van der Waals surface area contributed by atoms with Crippen molar-refractivity contribution in [1.29, 1.82) is 0 Å². The molecule has 2 heterocycles. The second kappa shape index (κ2) is 9.14. The van der Waals surface area contributed by atoms with Crippen LogP contribution in [0.2, 0.25) is 10.0 Å². The van der Waals surface area contributed by atoms with Crippen molar-refractivity contribution in [3.8, 4) is 11.5 Å². The third-order valence-corrected chi connectivity index (χ3v) is 6.03. The van der Waals surface area contributed by atoms with Crippen molar-refractivity contribution in [2.24, 2.45) is 0 Å². The average molecular weight is 449 g/mol. The third kappa shape index (κ3) is 4.65. The van der Waals surface area contributed by atoms with Crippen molar-refractivity contribution in [2.75, 3.05) is 19.9 Å². The van der Waals surface area contributed by atoms with E-state index in [4.69, 9.17) is 32.7 Å². The fourth-order valence-corrected chi connectivity index (χ4v) is 4.30. The molecule has 2 aliphatic heterocycles. The van der Waals surface area contributed by atoms with Crippen molar-refractivity contribution in [2.45, 2.75) is 31.7 Å². The third-order valence-electron chi connectivity index (χ3n) is 5.40. The van der Waals surface area contributed by atoms with Crippen LogP contribution in [-0.4, -0.2) is 42.6 Å². The van der Waals surface area contributed by atoms with E-state index >= 15 is 0 Å². The van der Waals surface area contributed by atoms with Gasteiger partial charge in [-0.2, -0.15) is 0 Å². The highest BCUT2D eigenvalue weighted by atomic mass is 35.5. The van der Waals surface area contributed by atoms with Gasteiger partial charge in [0.05, 0.1) is 15.6 Å². The predicted octanol–water partition coefficient (Wildman–Crippen LogP) is 4.08. The Morgan fingerprint density at radius 3 is 2.47 bits per heavy atom. The Bertz CT molecular complexity index is 938.